The Hall–Kier alpha value is -1.13. The molecule has 0 aliphatic carbocycles. The lowest BCUT2D eigenvalue weighted by Crippen LogP contribution is -2.01. The second-order valence-electron chi connectivity index (χ2n) is 2.56. The maximum absolute atomic E-state index is 11.8. The summed E-state index contributed by atoms with van der Waals surface area (Å²) in [5.74, 6) is 0. The normalized spacial score (nSPS) is 10.3. The van der Waals surface area contributed by atoms with E-state index < -0.39 is 7.60 Å². The molecule has 0 saturated carbocycles. The average molecular weight is 228 g/mol. The predicted molar refractivity (Wildman–Crippen MR) is 55.0 cm³/mol. The van der Waals surface area contributed by atoms with Crippen LogP contribution < -0.4 is 0 Å². The van der Waals surface area contributed by atoms with Crippen LogP contribution in [0.1, 0.15) is 12.8 Å². The molecule has 0 aromatic rings. The lowest BCUT2D eigenvalue weighted by Gasteiger charge is -2.15. The highest BCUT2D eigenvalue weighted by atomic mass is 31.2. The molecule has 0 bridgehead atoms. The van der Waals surface area contributed by atoms with Gasteiger partial charge in [-0.05, 0) is 0 Å². The summed E-state index contributed by atoms with van der Waals surface area (Å²) in [4.78, 5) is 0. The molecule has 0 aliphatic rings. The molecule has 15 heavy (non-hydrogen) atoms. The molecular formula is C9H13N2O3P. The SMILES string of the molecule is C=CCP(=O)(OCCC#N)OCCC#N. The number of hydrogen-bond donors (Lipinski definition) is 0. The summed E-state index contributed by atoms with van der Waals surface area (Å²) in [5.41, 5.74) is 0. The number of nitrogens with zero attached hydrogens (tertiary/aromatic N) is 2. The third-order valence-corrected chi connectivity index (χ3v) is 3.21. The molecule has 0 spiro atoms. The first-order valence-electron chi connectivity index (χ1n) is 4.41. The van der Waals surface area contributed by atoms with E-state index in [9.17, 15) is 4.57 Å². The molecule has 0 fully saturated rings. The van der Waals surface area contributed by atoms with Crippen molar-refractivity contribution in [1.82, 2.24) is 0 Å². The Labute approximate surface area is 89.4 Å². The average Bonchev–Trinajstić information content (AvgIpc) is 2.19. The third kappa shape index (κ3) is 6.88. The summed E-state index contributed by atoms with van der Waals surface area (Å²) < 4.78 is 21.8. The molecule has 0 atom stereocenters. The fourth-order valence-corrected chi connectivity index (χ4v) is 2.10. The van der Waals surface area contributed by atoms with Crippen LogP contribution in [0.2, 0.25) is 0 Å². The largest absolute Gasteiger partial charge is 0.334 e. The van der Waals surface area contributed by atoms with Crippen LogP contribution in [0, 0.1) is 22.7 Å². The Bertz CT molecular complexity index is 292. The van der Waals surface area contributed by atoms with Gasteiger partial charge in [0, 0.05) is 0 Å². The fourth-order valence-electron chi connectivity index (χ4n) is 0.762. The van der Waals surface area contributed by atoms with Crippen LogP contribution in [0.3, 0.4) is 0 Å². The van der Waals surface area contributed by atoms with Crippen LogP contribution in [-0.2, 0) is 13.6 Å². The van der Waals surface area contributed by atoms with E-state index in [1.807, 2.05) is 12.1 Å². The zero-order valence-electron chi connectivity index (χ0n) is 8.39. The molecule has 0 radical (unpaired) electrons. The van der Waals surface area contributed by atoms with E-state index in [-0.39, 0.29) is 32.2 Å². The van der Waals surface area contributed by atoms with Crippen LogP contribution in [0.5, 0.6) is 0 Å². The third-order valence-electron chi connectivity index (χ3n) is 1.36. The molecule has 0 rings (SSSR count). The standard InChI is InChI=1S/C9H13N2O3P/c1-2-9-15(12,13-7-3-5-10)14-8-4-6-11/h2H,1,3-4,7-9H2. The zero-order valence-corrected chi connectivity index (χ0v) is 9.28. The van der Waals surface area contributed by atoms with Crippen molar-refractivity contribution in [2.75, 3.05) is 19.4 Å². The quantitative estimate of drug-likeness (QED) is 0.361. The molecular weight excluding hydrogens is 215 g/mol. The molecule has 5 nitrogen and oxygen atoms in total. The first kappa shape index (κ1) is 13.9. The highest BCUT2D eigenvalue weighted by molar-refractivity contribution is 7.54. The van der Waals surface area contributed by atoms with Crippen molar-refractivity contribution in [2.45, 2.75) is 12.8 Å². The van der Waals surface area contributed by atoms with E-state index in [1.165, 1.54) is 6.08 Å². The molecule has 0 unspecified atom stereocenters. The van der Waals surface area contributed by atoms with Gasteiger partial charge in [0.15, 0.2) is 0 Å². The summed E-state index contributed by atoms with van der Waals surface area (Å²) in [6, 6.07) is 3.74. The highest BCUT2D eigenvalue weighted by Gasteiger charge is 2.22. The molecule has 0 amide bonds. The molecule has 0 aromatic carbocycles. The summed E-state index contributed by atoms with van der Waals surface area (Å²) in [6.07, 6.45) is 1.83. The van der Waals surface area contributed by atoms with Crippen LogP contribution >= 0.6 is 7.60 Å². The smallest absolute Gasteiger partial charge is 0.307 e. The van der Waals surface area contributed by atoms with Gasteiger partial charge in [0.25, 0.3) is 0 Å². The van der Waals surface area contributed by atoms with Crippen LogP contribution in [0.15, 0.2) is 12.7 Å². The lowest BCUT2D eigenvalue weighted by molar-refractivity contribution is 0.213. The Kier molecular flexibility index (Phi) is 7.58. The van der Waals surface area contributed by atoms with E-state index in [0.29, 0.717) is 0 Å². The van der Waals surface area contributed by atoms with Gasteiger partial charge in [-0.25, -0.2) is 0 Å². The van der Waals surface area contributed by atoms with Crippen molar-refractivity contribution in [2.24, 2.45) is 0 Å². The van der Waals surface area contributed by atoms with Gasteiger partial charge in [-0.1, -0.05) is 6.08 Å². The van der Waals surface area contributed by atoms with E-state index in [0.717, 1.165) is 0 Å². The Morgan fingerprint density at radius 3 is 2.00 bits per heavy atom. The van der Waals surface area contributed by atoms with E-state index in [4.69, 9.17) is 19.6 Å². The Balaban J connectivity index is 4.08. The molecule has 6 heteroatoms. The van der Waals surface area contributed by atoms with Gasteiger partial charge in [0.1, 0.15) is 0 Å². The highest BCUT2D eigenvalue weighted by Crippen LogP contribution is 2.48. The summed E-state index contributed by atoms with van der Waals surface area (Å²) in [5, 5.41) is 16.6. The van der Waals surface area contributed by atoms with Crippen molar-refractivity contribution in [3.63, 3.8) is 0 Å². The minimum atomic E-state index is -3.20. The maximum atomic E-state index is 11.8. The lowest BCUT2D eigenvalue weighted by atomic mass is 10.5. The minimum absolute atomic E-state index is 0.0637. The van der Waals surface area contributed by atoms with E-state index in [2.05, 4.69) is 6.58 Å². The van der Waals surface area contributed by atoms with Crippen molar-refractivity contribution >= 4 is 7.60 Å². The molecule has 0 aromatic heterocycles. The molecule has 82 valence electrons. The first-order chi connectivity index (χ1) is 7.18. The summed E-state index contributed by atoms with van der Waals surface area (Å²) >= 11 is 0. The molecule has 0 saturated heterocycles. The monoisotopic (exact) mass is 228 g/mol. The van der Waals surface area contributed by atoms with Gasteiger partial charge in [-0.2, -0.15) is 10.5 Å². The van der Waals surface area contributed by atoms with Gasteiger partial charge in [-0.15, -0.1) is 6.58 Å². The summed E-state index contributed by atoms with van der Waals surface area (Å²) in [7, 11) is -3.20. The van der Waals surface area contributed by atoms with Gasteiger partial charge in [0.05, 0.1) is 44.4 Å². The van der Waals surface area contributed by atoms with Gasteiger partial charge >= 0.3 is 7.60 Å². The van der Waals surface area contributed by atoms with Crippen LogP contribution in [-0.4, -0.2) is 19.4 Å². The molecule has 0 aliphatic heterocycles. The second kappa shape index (κ2) is 8.20. The van der Waals surface area contributed by atoms with Crippen LogP contribution in [0.25, 0.3) is 0 Å². The second-order valence-corrected chi connectivity index (χ2v) is 4.67. The van der Waals surface area contributed by atoms with Crippen molar-refractivity contribution in [3.05, 3.63) is 12.7 Å². The topological polar surface area (TPSA) is 83.1 Å². The summed E-state index contributed by atoms with van der Waals surface area (Å²) in [6.45, 7) is 3.57. The minimum Gasteiger partial charge on any atom is -0.307 e. The van der Waals surface area contributed by atoms with Gasteiger partial charge < -0.3 is 9.05 Å². The molecule has 0 heterocycles. The first-order valence-corrected chi connectivity index (χ1v) is 6.14. The number of nitriles is 2. The van der Waals surface area contributed by atoms with Crippen LogP contribution in [0.4, 0.5) is 0 Å². The van der Waals surface area contributed by atoms with E-state index in [1.54, 1.807) is 0 Å². The van der Waals surface area contributed by atoms with E-state index >= 15 is 0 Å². The zero-order chi connectivity index (χ0) is 11.6. The van der Waals surface area contributed by atoms with Crippen molar-refractivity contribution < 1.29 is 13.6 Å². The van der Waals surface area contributed by atoms with Gasteiger partial charge in [-0.3, -0.25) is 4.57 Å². The Morgan fingerprint density at radius 1 is 1.20 bits per heavy atom. The molecule has 0 N–H and O–H groups in total. The van der Waals surface area contributed by atoms with Crippen molar-refractivity contribution in [3.8, 4) is 12.1 Å². The Morgan fingerprint density at radius 2 is 1.67 bits per heavy atom. The van der Waals surface area contributed by atoms with Crippen molar-refractivity contribution in [1.29, 1.82) is 10.5 Å². The maximum Gasteiger partial charge on any atom is 0.334 e. The number of hydrogen-bond acceptors (Lipinski definition) is 5. The number of allylic oxidation sites excluding steroid dienone is 1. The van der Waals surface area contributed by atoms with Gasteiger partial charge in [0.2, 0.25) is 0 Å². The number of rotatable bonds is 8. The predicted octanol–water partition coefficient (Wildman–Crippen LogP) is 2.23. The fraction of sp³-hybridized carbons (Fsp3) is 0.556.